The van der Waals surface area contributed by atoms with Crippen LogP contribution in [-0.2, 0) is 14.4 Å². The molecule has 4 atom stereocenters. The van der Waals surface area contributed by atoms with E-state index in [1.807, 2.05) is 6.92 Å². The van der Waals surface area contributed by atoms with Crippen LogP contribution in [0.1, 0.15) is 64.7 Å². The molecule has 1 heterocycles. The number of nitrogens with one attached hydrogen (secondary N) is 1. The van der Waals surface area contributed by atoms with Crippen molar-refractivity contribution in [1.29, 1.82) is 0 Å². The van der Waals surface area contributed by atoms with E-state index in [2.05, 4.69) is 11.4 Å². The molecule has 1 N–H and O–H groups in total. The molecule has 1 saturated heterocycles. The van der Waals surface area contributed by atoms with Crippen LogP contribution in [0.15, 0.2) is 11.6 Å². The zero-order valence-electron chi connectivity index (χ0n) is 17.2. The number of nitrogens with zero attached hydrogens (tertiary/aromatic N) is 2. The highest BCUT2D eigenvalue weighted by Gasteiger charge is 2.46. The quantitative estimate of drug-likeness (QED) is 0.404. The van der Waals surface area contributed by atoms with Gasteiger partial charge in [-0.2, -0.15) is 0 Å². The van der Waals surface area contributed by atoms with Gasteiger partial charge in [0, 0.05) is 12.6 Å². The minimum atomic E-state index is -0.893. The number of hydrogen-bond acceptors (Lipinski definition) is 4. The molecule has 0 spiro atoms. The predicted molar refractivity (Wildman–Crippen MR) is 107 cm³/mol. The fourth-order valence-corrected chi connectivity index (χ4v) is 5.73. The lowest BCUT2D eigenvalue weighted by atomic mass is 9.84. The molecule has 0 aromatic carbocycles. The van der Waals surface area contributed by atoms with Gasteiger partial charge in [0.1, 0.15) is 6.54 Å². The molecule has 4 aliphatic rings. The minimum Gasteiger partial charge on any atom is -0.352 e. The van der Waals surface area contributed by atoms with E-state index in [0.717, 1.165) is 41.4 Å². The highest BCUT2D eigenvalue weighted by molar-refractivity contribution is 6.45. The van der Waals surface area contributed by atoms with Crippen LogP contribution in [0.2, 0.25) is 0 Å². The van der Waals surface area contributed by atoms with Crippen molar-refractivity contribution >= 4 is 23.8 Å². The van der Waals surface area contributed by atoms with Crippen molar-refractivity contribution in [3.8, 4) is 0 Å². The number of carbonyl (C=O) groups excluding carboxylic acids is 4. The summed E-state index contributed by atoms with van der Waals surface area (Å²) in [6.45, 7) is 1.83. The van der Waals surface area contributed by atoms with Crippen molar-refractivity contribution in [2.45, 2.75) is 70.8 Å². The van der Waals surface area contributed by atoms with Gasteiger partial charge >= 0.3 is 17.8 Å². The monoisotopic (exact) mass is 401 g/mol. The van der Waals surface area contributed by atoms with Crippen LogP contribution in [0.5, 0.6) is 0 Å². The summed E-state index contributed by atoms with van der Waals surface area (Å²) in [4.78, 5) is 51.4. The average Bonchev–Trinajstić information content (AvgIpc) is 3.40. The number of rotatable bonds is 7. The number of allylic oxidation sites excluding steroid dienone is 1. The third kappa shape index (κ3) is 4.09. The van der Waals surface area contributed by atoms with E-state index in [1.165, 1.54) is 31.3 Å². The van der Waals surface area contributed by atoms with Crippen LogP contribution in [-0.4, -0.2) is 52.7 Å². The van der Waals surface area contributed by atoms with Crippen LogP contribution in [0, 0.1) is 17.8 Å². The molecule has 1 aliphatic heterocycles. The van der Waals surface area contributed by atoms with Gasteiger partial charge in [0.25, 0.3) is 0 Å². The molecule has 3 fully saturated rings. The first-order chi connectivity index (χ1) is 13.9. The Hall–Kier alpha value is -2.18. The van der Waals surface area contributed by atoms with Gasteiger partial charge in [-0.3, -0.25) is 19.3 Å². The lowest BCUT2D eigenvalue weighted by Gasteiger charge is -2.29. The van der Waals surface area contributed by atoms with Gasteiger partial charge in [-0.05, 0) is 76.0 Å². The number of fused-ring (bicyclic) bond motifs is 2. The number of carbonyl (C=O) groups is 4. The van der Waals surface area contributed by atoms with Crippen LogP contribution >= 0.6 is 0 Å². The Kier molecular flexibility index (Phi) is 5.74. The van der Waals surface area contributed by atoms with Gasteiger partial charge in [0.2, 0.25) is 5.91 Å². The maximum absolute atomic E-state index is 12.6. The van der Waals surface area contributed by atoms with E-state index in [4.69, 9.17) is 0 Å². The lowest BCUT2D eigenvalue weighted by molar-refractivity contribution is -0.144. The molecule has 4 unspecified atom stereocenters. The second kappa shape index (κ2) is 8.28. The molecule has 2 saturated carbocycles. The first-order valence-corrected chi connectivity index (χ1v) is 11.1. The topological polar surface area (TPSA) is 86.8 Å². The zero-order chi connectivity index (χ0) is 20.5. The molecule has 7 heteroatoms. The van der Waals surface area contributed by atoms with E-state index in [9.17, 15) is 19.2 Å². The SMILES string of the molecule is CC(NC(=O)CN1C(=O)C(=O)N(CCC2=CCCCC2)C1=O)C1CC2CCC1C2. The normalized spacial score (nSPS) is 30.2. The summed E-state index contributed by atoms with van der Waals surface area (Å²) in [5.41, 5.74) is 1.24. The predicted octanol–water partition coefficient (Wildman–Crippen LogP) is 2.61. The summed E-state index contributed by atoms with van der Waals surface area (Å²) in [6.07, 6.45) is 12.0. The molecule has 2 bridgehead atoms. The lowest BCUT2D eigenvalue weighted by Crippen LogP contribution is -2.46. The second-order valence-corrected chi connectivity index (χ2v) is 9.18. The summed E-state index contributed by atoms with van der Waals surface area (Å²) < 4.78 is 0. The Bertz CT molecular complexity index is 746. The summed E-state index contributed by atoms with van der Waals surface area (Å²) in [7, 11) is 0. The van der Waals surface area contributed by atoms with Gasteiger partial charge < -0.3 is 5.32 Å². The van der Waals surface area contributed by atoms with E-state index in [1.54, 1.807) is 0 Å². The maximum atomic E-state index is 12.6. The molecule has 158 valence electrons. The fraction of sp³-hybridized carbons (Fsp3) is 0.727. The Balaban J connectivity index is 1.30. The van der Waals surface area contributed by atoms with E-state index >= 15 is 0 Å². The van der Waals surface area contributed by atoms with E-state index in [0.29, 0.717) is 18.3 Å². The maximum Gasteiger partial charge on any atom is 0.334 e. The third-order valence-electron chi connectivity index (χ3n) is 7.30. The summed E-state index contributed by atoms with van der Waals surface area (Å²) in [5, 5.41) is 2.96. The van der Waals surface area contributed by atoms with Crippen LogP contribution in [0.3, 0.4) is 0 Å². The fourth-order valence-electron chi connectivity index (χ4n) is 5.73. The molecule has 29 heavy (non-hydrogen) atoms. The summed E-state index contributed by atoms with van der Waals surface area (Å²) >= 11 is 0. The first-order valence-electron chi connectivity index (χ1n) is 11.1. The summed E-state index contributed by atoms with van der Waals surface area (Å²) in [6, 6.07) is -0.644. The van der Waals surface area contributed by atoms with Crippen molar-refractivity contribution < 1.29 is 19.2 Å². The average molecular weight is 402 g/mol. The highest BCUT2D eigenvalue weighted by atomic mass is 16.2. The molecule has 0 aromatic heterocycles. The van der Waals surface area contributed by atoms with Crippen molar-refractivity contribution in [1.82, 2.24) is 15.1 Å². The molecular weight excluding hydrogens is 370 g/mol. The smallest absolute Gasteiger partial charge is 0.334 e. The number of imide groups is 2. The highest BCUT2D eigenvalue weighted by Crippen LogP contribution is 2.49. The van der Waals surface area contributed by atoms with Crippen LogP contribution in [0.25, 0.3) is 0 Å². The van der Waals surface area contributed by atoms with Gasteiger partial charge in [-0.25, -0.2) is 9.69 Å². The van der Waals surface area contributed by atoms with Gasteiger partial charge in [-0.15, -0.1) is 0 Å². The van der Waals surface area contributed by atoms with Crippen molar-refractivity contribution in [2.75, 3.05) is 13.1 Å². The van der Waals surface area contributed by atoms with Crippen LogP contribution in [0.4, 0.5) is 4.79 Å². The van der Waals surface area contributed by atoms with Gasteiger partial charge in [0.15, 0.2) is 0 Å². The molecule has 4 rings (SSSR count). The number of hydrogen-bond donors (Lipinski definition) is 1. The van der Waals surface area contributed by atoms with E-state index in [-0.39, 0.29) is 25.0 Å². The Labute approximate surface area is 171 Å². The van der Waals surface area contributed by atoms with Gasteiger partial charge in [-0.1, -0.05) is 18.1 Å². The van der Waals surface area contributed by atoms with Crippen molar-refractivity contribution in [3.05, 3.63) is 11.6 Å². The Morgan fingerprint density at radius 2 is 1.93 bits per heavy atom. The third-order valence-corrected chi connectivity index (χ3v) is 7.30. The number of urea groups is 1. The number of amides is 5. The summed E-state index contributed by atoms with van der Waals surface area (Å²) in [5.74, 6) is -0.139. The van der Waals surface area contributed by atoms with Crippen molar-refractivity contribution in [2.24, 2.45) is 17.8 Å². The second-order valence-electron chi connectivity index (χ2n) is 9.18. The Morgan fingerprint density at radius 1 is 1.14 bits per heavy atom. The zero-order valence-corrected chi connectivity index (χ0v) is 17.2. The molecular formula is C22H31N3O4. The molecule has 3 aliphatic carbocycles. The standard InChI is InChI=1S/C22H31N3O4/c1-14(18-12-16-7-8-17(18)11-16)23-19(26)13-25-21(28)20(27)24(22(25)29)10-9-15-5-3-2-4-6-15/h5,14,16-18H,2-4,6-13H2,1H3,(H,23,26). The largest absolute Gasteiger partial charge is 0.352 e. The Morgan fingerprint density at radius 3 is 2.59 bits per heavy atom. The molecule has 0 aromatic rings. The molecule has 7 nitrogen and oxygen atoms in total. The van der Waals surface area contributed by atoms with Gasteiger partial charge in [0.05, 0.1) is 0 Å². The van der Waals surface area contributed by atoms with E-state index < -0.39 is 17.8 Å². The minimum absolute atomic E-state index is 0.0238. The molecule has 0 radical (unpaired) electrons. The van der Waals surface area contributed by atoms with Crippen LogP contribution < -0.4 is 5.32 Å². The van der Waals surface area contributed by atoms with Crippen molar-refractivity contribution in [3.63, 3.8) is 0 Å². The first kappa shape index (κ1) is 20.1. The molecule has 5 amide bonds.